The molecule has 0 unspecified atom stereocenters. The Hall–Kier alpha value is -2.28. The molecule has 0 radical (unpaired) electrons. The Labute approximate surface area is 143 Å². The Kier molecular flexibility index (Phi) is 4.15. The topological polar surface area (TPSA) is 41.6 Å². The maximum absolute atomic E-state index is 13.8. The zero-order valence-corrected chi connectivity index (χ0v) is 14.1. The highest BCUT2D eigenvalue weighted by Crippen LogP contribution is 2.41. The van der Waals surface area contributed by atoms with Crippen molar-refractivity contribution >= 4 is 16.7 Å². The molecule has 0 spiro atoms. The summed E-state index contributed by atoms with van der Waals surface area (Å²) in [6.07, 6.45) is -4.53. The molecule has 1 atom stereocenters. The number of hydrogen-bond donors (Lipinski definition) is 1. The van der Waals surface area contributed by atoms with Crippen LogP contribution in [0.25, 0.3) is 10.8 Å². The molecule has 2 aromatic rings. The smallest absolute Gasteiger partial charge is 0.409 e. The molecule has 2 aromatic carbocycles. The molecular weight excluding hydrogens is 333 g/mol. The fraction of sp³-hybridized carbons (Fsp3) is 0.389. The zero-order chi connectivity index (χ0) is 18.4. The number of ether oxygens (including phenoxy) is 1. The van der Waals surface area contributed by atoms with Gasteiger partial charge in [-0.1, -0.05) is 24.3 Å². The van der Waals surface area contributed by atoms with Crippen molar-refractivity contribution in [3.05, 3.63) is 42.0 Å². The number of halogens is 3. The minimum atomic E-state index is -4.53. The highest BCUT2D eigenvalue weighted by molar-refractivity contribution is 5.89. The summed E-state index contributed by atoms with van der Waals surface area (Å²) in [5, 5.41) is 2.36. The van der Waals surface area contributed by atoms with E-state index in [1.54, 1.807) is 38.1 Å². The Morgan fingerprint density at radius 3 is 2.52 bits per heavy atom. The number of nitrogens with one attached hydrogen (secondary N) is 1. The van der Waals surface area contributed by atoms with E-state index in [-0.39, 0.29) is 12.1 Å². The summed E-state index contributed by atoms with van der Waals surface area (Å²) in [7, 11) is 1.52. The summed E-state index contributed by atoms with van der Waals surface area (Å²) in [4.78, 5) is 11.9. The summed E-state index contributed by atoms with van der Waals surface area (Å²) in [5.41, 5.74) is 1.57. The van der Waals surface area contributed by atoms with Gasteiger partial charge in [-0.05, 0) is 36.9 Å². The van der Waals surface area contributed by atoms with Gasteiger partial charge in [-0.3, -0.25) is 10.2 Å². The molecule has 1 saturated heterocycles. The van der Waals surface area contributed by atoms with Crippen molar-refractivity contribution in [2.45, 2.75) is 26.1 Å². The van der Waals surface area contributed by atoms with Crippen molar-refractivity contribution in [1.29, 1.82) is 0 Å². The third kappa shape index (κ3) is 3.16. The Balaban J connectivity index is 2.06. The molecule has 0 aliphatic carbocycles. The van der Waals surface area contributed by atoms with Crippen molar-refractivity contribution in [2.24, 2.45) is 5.41 Å². The lowest BCUT2D eigenvalue weighted by atomic mass is 9.93. The zero-order valence-electron chi connectivity index (χ0n) is 14.1. The van der Waals surface area contributed by atoms with Crippen LogP contribution in [-0.4, -0.2) is 30.7 Å². The van der Waals surface area contributed by atoms with E-state index in [0.717, 1.165) is 10.4 Å². The fourth-order valence-corrected chi connectivity index (χ4v) is 3.14. The van der Waals surface area contributed by atoms with E-state index in [2.05, 4.69) is 5.43 Å². The molecule has 134 valence electrons. The normalized spacial score (nSPS) is 19.0. The molecular formula is C18H19F3N2O2. The fourth-order valence-electron chi connectivity index (χ4n) is 3.14. The van der Waals surface area contributed by atoms with Gasteiger partial charge < -0.3 is 4.74 Å². The van der Waals surface area contributed by atoms with Gasteiger partial charge in [0.1, 0.15) is 11.8 Å². The van der Waals surface area contributed by atoms with Crippen molar-refractivity contribution in [3.63, 3.8) is 0 Å². The van der Waals surface area contributed by atoms with Crippen LogP contribution in [0, 0.1) is 5.41 Å². The number of hydrogen-bond acceptors (Lipinski definition) is 3. The van der Waals surface area contributed by atoms with Gasteiger partial charge in [0.2, 0.25) is 5.91 Å². The minimum Gasteiger partial charge on any atom is -0.496 e. The molecule has 7 heteroatoms. The van der Waals surface area contributed by atoms with Crippen LogP contribution in [-0.2, 0) is 4.79 Å². The lowest BCUT2D eigenvalue weighted by molar-refractivity contribution is -0.191. The predicted octanol–water partition coefficient (Wildman–Crippen LogP) is 3.82. The number of alkyl halides is 3. The maximum Gasteiger partial charge on any atom is 0.409 e. The number of amides is 1. The van der Waals surface area contributed by atoms with E-state index >= 15 is 0 Å². The molecule has 1 heterocycles. The number of rotatable bonds is 3. The van der Waals surface area contributed by atoms with Crippen LogP contribution < -0.4 is 10.2 Å². The van der Waals surface area contributed by atoms with Gasteiger partial charge in [-0.25, -0.2) is 5.01 Å². The van der Waals surface area contributed by atoms with Gasteiger partial charge in [-0.15, -0.1) is 0 Å². The van der Waals surface area contributed by atoms with Crippen LogP contribution in [0.4, 0.5) is 13.2 Å². The van der Waals surface area contributed by atoms with Gasteiger partial charge in [0.15, 0.2) is 0 Å². The SMILES string of the molecule is COc1cccc2cc([C@H](N3CC(C)(C)C(=O)N3)C(F)(F)F)ccc12. The van der Waals surface area contributed by atoms with E-state index in [0.29, 0.717) is 11.1 Å². The number of benzene rings is 2. The number of methoxy groups -OCH3 is 1. The maximum atomic E-state index is 13.8. The molecule has 1 aliphatic heterocycles. The van der Waals surface area contributed by atoms with Crippen LogP contribution in [0.1, 0.15) is 25.5 Å². The first-order valence-electron chi connectivity index (χ1n) is 7.84. The largest absolute Gasteiger partial charge is 0.496 e. The second-order valence-electron chi connectivity index (χ2n) is 6.84. The molecule has 0 aromatic heterocycles. The number of hydrazine groups is 1. The molecule has 1 amide bonds. The molecule has 3 rings (SSSR count). The second-order valence-corrected chi connectivity index (χ2v) is 6.84. The standard InChI is InChI=1S/C18H19F3N2O2/c1-17(2)10-23(22-16(17)24)15(18(19,20)21)12-7-8-13-11(9-12)5-4-6-14(13)25-3/h4-9,15H,10H2,1-3H3,(H,22,24)/t15-/m0/s1. The van der Waals surface area contributed by atoms with E-state index in [1.807, 2.05) is 0 Å². The Bertz CT molecular complexity index is 818. The van der Waals surface area contributed by atoms with E-state index in [1.165, 1.54) is 19.2 Å². The van der Waals surface area contributed by atoms with Crippen LogP contribution in [0.3, 0.4) is 0 Å². The number of carbonyl (C=O) groups excluding carboxylic acids is 1. The molecule has 4 nitrogen and oxygen atoms in total. The quantitative estimate of drug-likeness (QED) is 0.913. The van der Waals surface area contributed by atoms with Gasteiger partial charge in [0, 0.05) is 11.9 Å². The summed E-state index contributed by atoms with van der Waals surface area (Å²) < 4.78 is 46.5. The van der Waals surface area contributed by atoms with E-state index in [4.69, 9.17) is 4.74 Å². The molecule has 25 heavy (non-hydrogen) atoms. The molecule has 0 saturated carbocycles. The first kappa shape index (κ1) is 17.5. The van der Waals surface area contributed by atoms with Crippen LogP contribution in [0.5, 0.6) is 5.75 Å². The van der Waals surface area contributed by atoms with Crippen molar-refractivity contribution in [2.75, 3.05) is 13.7 Å². The molecule has 0 bridgehead atoms. The van der Waals surface area contributed by atoms with Gasteiger partial charge in [0.05, 0.1) is 12.5 Å². The highest BCUT2D eigenvalue weighted by Gasteiger charge is 2.51. The third-order valence-electron chi connectivity index (χ3n) is 4.45. The second kappa shape index (κ2) is 5.91. The van der Waals surface area contributed by atoms with Gasteiger partial charge in [0.25, 0.3) is 0 Å². The average molecular weight is 352 g/mol. The van der Waals surface area contributed by atoms with Crippen LogP contribution >= 0.6 is 0 Å². The van der Waals surface area contributed by atoms with Crippen molar-refractivity contribution in [3.8, 4) is 5.75 Å². The summed E-state index contributed by atoms with van der Waals surface area (Å²) in [6, 6.07) is 7.86. The summed E-state index contributed by atoms with van der Waals surface area (Å²) >= 11 is 0. The summed E-state index contributed by atoms with van der Waals surface area (Å²) in [5.74, 6) is 0.187. The number of carbonyl (C=O) groups is 1. The number of fused-ring (bicyclic) bond motifs is 1. The monoisotopic (exact) mass is 352 g/mol. The van der Waals surface area contributed by atoms with Crippen LogP contribution in [0.2, 0.25) is 0 Å². The first-order chi connectivity index (χ1) is 11.6. The van der Waals surface area contributed by atoms with E-state index in [9.17, 15) is 18.0 Å². The highest BCUT2D eigenvalue weighted by atomic mass is 19.4. The van der Waals surface area contributed by atoms with Crippen molar-refractivity contribution < 1.29 is 22.7 Å². The average Bonchev–Trinajstić information content (AvgIpc) is 2.78. The van der Waals surface area contributed by atoms with Gasteiger partial charge in [-0.2, -0.15) is 13.2 Å². The molecule has 1 aliphatic rings. The lowest BCUT2D eigenvalue weighted by Crippen LogP contribution is -2.43. The Morgan fingerprint density at radius 1 is 1.24 bits per heavy atom. The Morgan fingerprint density at radius 2 is 1.96 bits per heavy atom. The lowest BCUT2D eigenvalue weighted by Gasteiger charge is -2.30. The predicted molar refractivity (Wildman–Crippen MR) is 87.9 cm³/mol. The van der Waals surface area contributed by atoms with Crippen molar-refractivity contribution in [1.82, 2.24) is 10.4 Å². The molecule has 1 fully saturated rings. The first-order valence-corrected chi connectivity index (χ1v) is 7.84. The van der Waals surface area contributed by atoms with E-state index < -0.39 is 23.5 Å². The van der Waals surface area contributed by atoms with Crippen LogP contribution in [0.15, 0.2) is 36.4 Å². The third-order valence-corrected chi connectivity index (χ3v) is 4.45. The number of nitrogens with zero attached hydrogens (tertiary/aromatic N) is 1. The molecule has 1 N–H and O–H groups in total. The summed E-state index contributed by atoms with van der Waals surface area (Å²) in [6.45, 7) is 3.23. The van der Waals surface area contributed by atoms with Gasteiger partial charge >= 0.3 is 6.18 Å². The minimum absolute atomic E-state index is 0.0217.